The van der Waals surface area contributed by atoms with Gasteiger partial charge in [0.1, 0.15) is 0 Å². The zero-order valence-electron chi connectivity index (χ0n) is 10.2. The van der Waals surface area contributed by atoms with Gasteiger partial charge in [-0.1, -0.05) is 0 Å². The van der Waals surface area contributed by atoms with Crippen LogP contribution in [-0.4, -0.2) is 66.3 Å². The van der Waals surface area contributed by atoms with Crippen molar-refractivity contribution >= 4 is 17.7 Å². The van der Waals surface area contributed by atoms with Gasteiger partial charge in [-0.2, -0.15) is 0 Å². The SMILES string of the molecule is NC1CN(CC(=O)NC(=O)CN2CCCC2=O)C1. The summed E-state index contributed by atoms with van der Waals surface area (Å²) in [6.07, 6.45) is 1.28. The van der Waals surface area contributed by atoms with E-state index in [1.165, 1.54) is 4.90 Å². The van der Waals surface area contributed by atoms with Crippen LogP contribution in [0.5, 0.6) is 0 Å². The molecular weight excluding hydrogens is 236 g/mol. The maximum atomic E-state index is 11.5. The maximum absolute atomic E-state index is 11.5. The minimum Gasteiger partial charge on any atom is -0.333 e. The molecule has 0 radical (unpaired) electrons. The van der Waals surface area contributed by atoms with E-state index in [0.717, 1.165) is 6.42 Å². The lowest BCUT2D eigenvalue weighted by atomic mass is 10.1. The lowest BCUT2D eigenvalue weighted by Gasteiger charge is -2.35. The van der Waals surface area contributed by atoms with Gasteiger partial charge < -0.3 is 10.6 Å². The molecule has 2 fully saturated rings. The first-order chi connectivity index (χ1) is 8.54. The quantitative estimate of drug-likeness (QED) is 0.599. The summed E-state index contributed by atoms with van der Waals surface area (Å²) in [5.41, 5.74) is 5.59. The Hall–Kier alpha value is -1.47. The predicted octanol–water partition coefficient (Wildman–Crippen LogP) is -2.11. The summed E-state index contributed by atoms with van der Waals surface area (Å²) < 4.78 is 0. The van der Waals surface area contributed by atoms with Gasteiger partial charge in [0.15, 0.2) is 0 Å². The normalized spacial score (nSPS) is 20.9. The molecule has 0 bridgehead atoms. The van der Waals surface area contributed by atoms with Gasteiger partial charge in [0.25, 0.3) is 0 Å². The van der Waals surface area contributed by atoms with Crippen LogP contribution in [0.15, 0.2) is 0 Å². The zero-order valence-corrected chi connectivity index (χ0v) is 10.2. The number of hydrogen-bond acceptors (Lipinski definition) is 5. The molecule has 2 saturated heterocycles. The Labute approximate surface area is 105 Å². The van der Waals surface area contributed by atoms with Gasteiger partial charge in [-0.15, -0.1) is 0 Å². The van der Waals surface area contributed by atoms with Crippen LogP contribution in [0.4, 0.5) is 0 Å². The number of rotatable bonds is 4. The highest BCUT2D eigenvalue weighted by molar-refractivity contribution is 5.98. The van der Waals surface area contributed by atoms with Gasteiger partial charge in [-0.25, -0.2) is 0 Å². The number of carbonyl (C=O) groups excluding carboxylic acids is 3. The first-order valence-electron chi connectivity index (χ1n) is 6.13. The van der Waals surface area contributed by atoms with Gasteiger partial charge in [-0.3, -0.25) is 24.6 Å². The van der Waals surface area contributed by atoms with Gasteiger partial charge in [0, 0.05) is 32.1 Å². The monoisotopic (exact) mass is 254 g/mol. The molecule has 2 aliphatic heterocycles. The van der Waals surface area contributed by atoms with E-state index >= 15 is 0 Å². The number of likely N-dealkylation sites (tertiary alicyclic amines) is 2. The number of nitrogens with two attached hydrogens (primary N) is 1. The highest BCUT2D eigenvalue weighted by Gasteiger charge is 2.26. The summed E-state index contributed by atoms with van der Waals surface area (Å²) in [7, 11) is 0. The molecule has 0 aromatic heterocycles. The largest absolute Gasteiger partial charge is 0.333 e. The Morgan fingerprint density at radius 3 is 2.50 bits per heavy atom. The van der Waals surface area contributed by atoms with Gasteiger partial charge in [-0.05, 0) is 6.42 Å². The Morgan fingerprint density at radius 1 is 1.28 bits per heavy atom. The zero-order chi connectivity index (χ0) is 13.1. The van der Waals surface area contributed by atoms with Gasteiger partial charge >= 0.3 is 0 Å². The highest BCUT2D eigenvalue weighted by atomic mass is 16.2. The lowest BCUT2D eigenvalue weighted by Crippen LogP contribution is -2.58. The third-order valence-electron chi connectivity index (χ3n) is 3.14. The van der Waals surface area contributed by atoms with Crippen molar-refractivity contribution in [3.05, 3.63) is 0 Å². The molecule has 7 nitrogen and oxygen atoms in total. The van der Waals surface area contributed by atoms with Crippen molar-refractivity contribution in [3.63, 3.8) is 0 Å². The van der Waals surface area contributed by atoms with Crippen LogP contribution < -0.4 is 11.1 Å². The molecular formula is C11H18N4O3. The van der Waals surface area contributed by atoms with Crippen molar-refractivity contribution < 1.29 is 14.4 Å². The van der Waals surface area contributed by atoms with E-state index in [9.17, 15) is 14.4 Å². The van der Waals surface area contributed by atoms with Crippen LogP contribution in [0.25, 0.3) is 0 Å². The Bertz CT molecular complexity index is 365. The van der Waals surface area contributed by atoms with E-state index < -0.39 is 5.91 Å². The van der Waals surface area contributed by atoms with Crippen molar-refractivity contribution in [2.45, 2.75) is 18.9 Å². The number of nitrogens with one attached hydrogen (secondary N) is 1. The molecule has 3 N–H and O–H groups in total. The molecule has 18 heavy (non-hydrogen) atoms. The number of amides is 3. The third kappa shape index (κ3) is 3.27. The minimum atomic E-state index is -0.417. The molecule has 2 aliphatic rings. The molecule has 0 aromatic rings. The highest BCUT2D eigenvalue weighted by Crippen LogP contribution is 2.08. The second kappa shape index (κ2) is 5.45. The lowest BCUT2D eigenvalue weighted by molar-refractivity contribution is -0.136. The van der Waals surface area contributed by atoms with E-state index in [1.807, 2.05) is 4.90 Å². The fraction of sp³-hybridized carbons (Fsp3) is 0.727. The smallest absolute Gasteiger partial charge is 0.246 e. The summed E-state index contributed by atoms with van der Waals surface area (Å²) in [5, 5.41) is 2.29. The average molecular weight is 254 g/mol. The molecule has 3 amide bonds. The summed E-state index contributed by atoms with van der Waals surface area (Å²) in [6.45, 7) is 2.14. The van der Waals surface area contributed by atoms with Gasteiger partial charge in [0.2, 0.25) is 17.7 Å². The molecule has 100 valence electrons. The van der Waals surface area contributed by atoms with Crippen molar-refractivity contribution in [1.29, 1.82) is 0 Å². The van der Waals surface area contributed by atoms with E-state index in [1.54, 1.807) is 0 Å². The van der Waals surface area contributed by atoms with E-state index in [-0.39, 0.29) is 30.9 Å². The molecule has 2 heterocycles. The molecule has 0 aliphatic carbocycles. The average Bonchev–Trinajstić information content (AvgIpc) is 2.62. The van der Waals surface area contributed by atoms with Crippen molar-refractivity contribution in [2.75, 3.05) is 32.7 Å². The topological polar surface area (TPSA) is 95.7 Å². The molecule has 0 spiro atoms. The number of nitrogens with zero attached hydrogens (tertiary/aromatic N) is 2. The third-order valence-corrected chi connectivity index (χ3v) is 3.14. The van der Waals surface area contributed by atoms with Crippen LogP contribution in [-0.2, 0) is 14.4 Å². The Morgan fingerprint density at radius 2 is 1.94 bits per heavy atom. The number of hydrogen-bond donors (Lipinski definition) is 2. The summed E-state index contributed by atoms with van der Waals surface area (Å²) >= 11 is 0. The van der Waals surface area contributed by atoms with Crippen molar-refractivity contribution in [3.8, 4) is 0 Å². The van der Waals surface area contributed by atoms with Crippen molar-refractivity contribution in [1.82, 2.24) is 15.1 Å². The Kier molecular flexibility index (Phi) is 3.93. The molecule has 2 rings (SSSR count). The molecule has 0 unspecified atom stereocenters. The fourth-order valence-electron chi connectivity index (χ4n) is 2.22. The first-order valence-corrected chi connectivity index (χ1v) is 6.13. The van der Waals surface area contributed by atoms with E-state index in [0.29, 0.717) is 26.1 Å². The van der Waals surface area contributed by atoms with Crippen LogP contribution >= 0.6 is 0 Å². The fourth-order valence-corrected chi connectivity index (χ4v) is 2.22. The maximum Gasteiger partial charge on any atom is 0.246 e. The summed E-state index contributed by atoms with van der Waals surface area (Å²) in [6, 6.07) is 0.135. The second-order valence-corrected chi connectivity index (χ2v) is 4.84. The van der Waals surface area contributed by atoms with E-state index in [4.69, 9.17) is 5.73 Å². The molecule has 0 saturated carbocycles. The standard InChI is InChI=1S/C11H18N4O3/c12-8-4-14(5-8)6-9(16)13-10(17)7-15-3-1-2-11(15)18/h8H,1-7,12H2,(H,13,16,17). The molecule has 0 atom stereocenters. The molecule has 7 heteroatoms. The van der Waals surface area contributed by atoms with Crippen LogP contribution in [0.3, 0.4) is 0 Å². The number of imide groups is 1. The second-order valence-electron chi connectivity index (χ2n) is 4.84. The van der Waals surface area contributed by atoms with E-state index in [2.05, 4.69) is 5.32 Å². The Balaban J connectivity index is 1.67. The minimum absolute atomic E-state index is 0.0219. The first kappa shape index (κ1) is 13.0. The summed E-state index contributed by atoms with van der Waals surface area (Å²) in [4.78, 5) is 37.7. The predicted molar refractivity (Wildman–Crippen MR) is 63.4 cm³/mol. The summed E-state index contributed by atoms with van der Waals surface area (Å²) in [5.74, 6) is -0.773. The van der Waals surface area contributed by atoms with Crippen molar-refractivity contribution in [2.24, 2.45) is 5.73 Å². The number of carbonyl (C=O) groups is 3. The van der Waals surface area contributed by atoms with Gasteiger partial charge in [0.05, 0.1) is 13.1 Å². The van der Waals surface area contributed by atoms with Crippen LogP contribution in [0, 0.1) is 0 Å². The van der Waals surface area contributed by atoms with Crippen LogP contribution in [0.2, 0.25) is 0 Å². The molecule has 0 aromatic carbocycles. The van der Waals surface area contributed by atoms with Crippen LogP contribution in [0.1, 0.15) is 12.8 Å².